The number of aromatic nitrogens is 4. The van der Waals surface area contributed by atoms with Gasteiger partial charge in [0.25, 0.3) is 0 Å². The van der Waals surface area contributed by atoms with Gasteiger partial charge < -0.3 is 26.7 Å². The first-order chi connectivity index (χ1) is 15.0. The molecule has 0 aliphatic carbocycles. The molecule has 4 aromatic rings. The van der Waals surface area contributed by atoms with E-state index in [1.165, 1.54) is 5.56 Å². The summed E-state index contributed by atoms with van der Waals surface area (Å²) in [6.07, 6.45) is 1.80. The number of halogens is 1. The molecule has 4 rings (SSSR count). The third-order valence-corrected chi connectivity index (χ3v) is 5.46. The molecule has 6 N–H and O–H groups in total. The molecule has 1 unspecified atom stereocenters. The Labute approximate surface area is 194 Å². The minimum absolute atomic E-state index is 0.0175. The number of anilines is 3. The Hall–Kier alpha value is -2.92. The summed E-state index contributed by atoms with van der Waals surface area (Å²) in [7, 11) is 0. The first-order valence-corrected chi connectivity index (χ1v) is 11.1. The summed E-state index contributed by atoms with van der Waals surface area (Å²) in [5.74, 6) is 1.17. The van der Waals surface area contributed by atoms with E-state index in [0.29, 0.717) is 36.9 Å². The number of nitrogens with two attached hydrogens (primary N) is 2. The lowest BCUT2D eigenvalue weighted by Gasteiger charge is -2.13. The van der Waals surface area contributed by atoms with Gasteiger partial charge in [0.05, 0.1) is 12.9 Å². The van der Waals surface area contributed by atoms with Gasteiger partial charge in [-0.05, 0) is 58.8 Å². The van der Waals surface area contributed by atoms with Gasteiger partial charge in [-0.15, -0.1) is 0 Å². The first kappa shape index (κ1) is 21.3. The van der Waals surface area contributed by atoms with Gasteiger partial charge in [-0.1, -0.05) is 30.3 Å². The fraction of sp³-hybridized carbons (Fsp3) is 0.227. The number of rotatable bonds is 8. The smallest absolute Gasteiger partial charge is 0.226 e. The van der Waals surface area contributed by atoms with Crippen molar-refractivity contribution in [2.45, 2.75) is 26.1 Å². The van der Waals surface area contributed by atoms with E-state index >= 15 is 0 Å². The summed E-state index contributed by atoms with van der Waals surface area (Å²) in [5, 5.41) is 6.62. The molecule has 0 bridgehead atoms. The largest absolute Gasteiger partial charge is 0.398 e. The van der Waals surface area contributed by atoms with Crippen LogP contribution in [0.2, 0.25) is 0 Å². The molecule has 0 saturated carbocycles. The van der Waals surface area contributed by atoms with Gasteiger partial charge in [-0.25, -0.2) is 4.98 Å². The van der Waals surface area contributed by atoms with Crippen molar-refractivity contribution < 1.29 is 0 Å². The maximum atomic E-state index is 6.15. The van der Waals surface area contributed by atoms with Crippen LogP contribution in [-0.4, -0.2) is 32.1 Å². The molecule has 1 atom stereocenters. The molecule has 2 aromatic carbocycles. The highest BCUT2D eigenvalue weighted by Gasteiger charge is 2.14. The average Bonchev–Trinajstić information content (AvgIpc) is 3.16. The number of benzene rings is 2. The quantitative estimate of drug-likeness (QED) is 0.204. The van der Waals surface area contributed by atoms with Crippen LogP contribution in [0.15, 0.2) is 54.9 Å². The molecular weight excluding hydrogens is 503 g/mol. The van der Waals surface area contributed by atoms with Crippen molar-refractivity contribution in [3.63, 3.8) is 0 Å². The van der Waals surface area contributed by atoms with Crippen molar-refractivity contribution in [3.05, 3.63) is 69.6 Å². The molecule has 0 fully saturated rings. The minimum Gasteiger partial charge on any atom is -0.398 e. The standard InChI is InChI=1S/C22H25IN8/c1-14(24)10-27-22-29-20(26-11-16-9-17(23)7-8-18(16)25)19-21(30-22)31(13-28-19)12-15-5-3-2-4-6-15/h2-9,13-14H,10-12,24-25H2,1H3,(H2,26,27,29,30). The number of hydrogen-bond acceptors (Lipinski definition) is 7. The maximum absolute atomic E-state index is 6.15. The molecule has 9 heteroatoms. The van der Waals surface area contributed by atoms with Gasteiger partial charge in [0, 0.05) is 28.4 Å². The zero-order valence-corrected chi connectivity index (χ0v) is 19.4. The highest BCUT2D eigenvalue weighted by molar-refractivity contribution is 14.1. The van der Waals surface area contributed by atoms with Gasteiger partial charge in [-0.3, -0.25) is 0 Å². The van der Waals surface area contributed by atoms with Crippen LogP contribution < -0.4 is 22.1 Å². The van der Waals surface area contributed by atoms with Crippen molar-refractivity contribution in [1.82, 2.24) is 19.5 Å². The second kappa shape index (κ2) is 9.48. The van der Waals surface area contributed by atoms with E-state index in [2.05, 4.69) is 61.4 Å². The summed E-state index contributed by atoms with van der Waals surface area (Å²) < 4.78 is 3.15. The summed E-state index contributed by atoms with van der Waals surface area (Å²) in [4.78, 5) is 14.0. The molecule has 0 spiro atoms. The number of hydrogen-bond donors (Lipinski definition) is 4. The van der Waals surface area contributed by atoms with Gasteiger partial charge >= 0.3 is 0 Å². The summed E-state index contributed by atoms with van der Waals surface area (Å²) >= 11 is 2.28. The van der Waals surface area contributed by atoms with E-state index in [-0.39, 0.29) is 6.04 Å². The van der Waals surface area contributed by atoms with Crippen LogP contribution in [0.25, 0.3) is 11.2 Å². The van der Waals surface area contributed by atoms with E-state index in [4.69, 9.17) is 16.5 Å². The third-order valence-electron chi connectivity index (χ3n) is 4.79. The topological polar surface area (TPSA) is 120 Å². The summed E-state index contributed by atoms with van der Waals surface area (Å²) in [6, 6.07) is 16.2. The van der Waals surface area contributed by atoms with Crippen molar-refractivity contribution in [3.8, 4) is 0 Å². The molecule has 0 radical (unpaired) electrons. The SMILES string of the molecule is CC(N)CNc1nc(NCc2cc(I)ccc2N)c2ncn(Cc3ccccc3)c2n1. The fourth-order valence-electron chi connectivity index (χ4n) is 3.20. The zero-order valence-electron chi connectivity index (χ0n) is 17.2. The van der Waals surface area contributed by atoms with Gasteiger partial charge in [0.1, 0.15) is 0 Å². The zero-order chi connectivity index (χ0) is 21.8. The van der Waals surface area contributed by atoms with Crippen molar-refractivity contribution in [2.24, 2.45) is 5.73 Å². The predicted molar refractivity (Wildman–Crippen MR) is 134 cm³/mol. The van der Waals surface area contributed by atoms with Gasteiger partial charge in [0.15, 0.2) is 17.0 Å². The van der Waals surface area contributed by atoms with Gasteiger partial charge in [-0.2, -0.15) is 9.97 Å². The van der Waals surface area contributed by atoms with E-state index in [9.17, 15) is 0 Å². The Morgan fingerprint density at radius 2 is 1.90 bits per heavy atom. The molecule has 160 valence electrons. The van der Waals surface area contributed by atoms with Crippen LogP contribution in [-0.2, 0) is 13.1 Å². The predicted octanol–water partition coefficient (Wildman–Crippen LogP) is 3.43. The Morgan fingerprint density at radius 1 is 1.10 bits per heavy atom. The number of imidazole rings is 1. The van der Waals surface area contributed by atoms with Crippen LogP contribution in [0.1, 0.15) is 18.1 Å². The highest BCUT2D eigenvalue weighted by atomic mass is 127. The Balaban J connectivity index is 1.67. The molecule has 8 nitrogen and oxygen atoms in total. The second-order valence-electron chi connectivity index (χ2n) is 7.48. The van der Waals surface area contributed by atoms with E-state index < -0.39 is 0 Å². The molecule has 0 saturated heterocycles. The molecule has 0 aliphatic heterocycles. The average molecular weight is 528 g/mol. The molecule has 31 heavy (non-hydrogen) atoms. The monoisotopic (exact) mass is 528 g/mol. The second-order valence-corrected chi connectivity index (χ2v) is 8.73. The lowest BCUT2D eigenvalue weighted by atomic mass is 10.2. The Morgan fingerprint density at radius 3 is 2.68 bits per heavy atom. The van der Waals surface area contributed by atoms with Crippen LogP contribution in [0.4, 0.5) is 17.5 Å². The number of nitrogens with zero attached hydrogens (tertiary/aromatic N) is 4. The van der Waals surface area contributed by atoms with E-state index in [1.807, 2.05) is 41.8 Å². The number of fused-ring (bicyclic) bond motifs is 1. The van der Waals surface area contributed by atoms with Crippen LogP contribution in [0.5, 0.6) is 0 Å². The Kier molecular flexibility index (Phi) is 6.52. The summed E-state index contributed by atoms with van der Waals surface area (Å²) in [6.45, 7) is 3.71. The lowest BCUT2D eigenvalue weighted by Crippen LogP contribution is -2.26. The fourth-order valence-corrected chi connectivity index (χ4v) is 3.76. The van der Waals surface area contributed by atoms with Crippen LogP contribution >= 0.6 is 22.6 Å². The molecule has 0 amide bonds. The van der Waals surface area contributed by atoms with Gasteiger partial charge in [0.2, 0.25) is 5.95 Å². The van der Waals surface area contributed by atoms with Crippen molar-refractivity contribution >= 4 is 51.2 Å². The molecule has 0 aliphatic rings. The first-order valence-electron chi connectivity index (χ1n) is 10.0. The normalized spacial score (nSPS) is 12.1. The van der Waals surface area contributed by atoms with E-state index in [0.717, 1.165) is 20.5 Å². The summed E-state index contributed by atoms with van der Waals surface area (Å²) in [5.41, 5.74) is 16.4. The number of nitrogen functional groups attached to an aromatic ring is 1. The van der Waals surface area contributed by atoms with Crippen LogP contribution in [0.3, 0.4) is 0 Å². The van der Waals surface area contributed by atoms with E-state index in [1.54, 1.807) is 6.33 Å². The third kappa shape index (κ3) is 5.23. The molecule has 2 aromatic heterocycles. The maximum Gasteiger partial charge on any atom is 0.226 e. The number of nitrogens with one attached hydrogen (secondary N) is 2. The molecular formula is C22H25IN8. The van der Waals surface area contributed by atoms with Crippen molar-refractivity contribution in [1.29, 1.82) is 0 Å². The van der Waals surface area contributed by atoms with Crippen molar-refractivity contribution in [2.75, 3.05) is 22.9 Å². The minimum atomic E-state index is -0.0175. The lowest BCUT2D eigenvalue weighted by molar-refractivity contribution is 0.772. The highest BCUT2D eigenvalue weighted by Crippen LogP contribution is 2.24. The van der Waals surface area contributed by atoms with Crippen LogP contribution in [0, 0.1) is 3.57 Å². The molecule has 2 heterocycles. The Bertz CT molecular complexity index is 1170.